The number of para-hydroxylation sites is 1. The minimum atomic E-state index is -0.257. The van der Waals surface area contributed by atoms with E-state index in [2.05, 4.69) is 61.1 Å². The quantitative estimate of drug-likeness (QED) is 0.878. The van der Waals surface area contributed by atoms with E-state index in [1.165, 1.54) is 16.5 Å². The van der Waals surface area contributed by atoms with Gasteiger partial charge < -0.3 is 15.0 Å². The van der Waals surface area contributed by atoms with Gasteiger partial charge in [-0.15, -0.1) is 0 Å². The highest BCUT2D eigenvalue weighted by molar-refractivity contribution is 5.83. The van der Waals surface area contributed by atoms with Crippen molar-refractivity contribution in [3.05, 3.63) is 36.0 Å². The number of rotatable bonds is 5. The lowest BCUT2D eigenvalue weighted by molar-refractivity contribution is 0.178. The highest BCUT2D eigenvalue weighted by Crippen LogP contribution is 2.22. The zero-order valence-corrected chi connectivity index (χ0v) is 13.0. The van der Waals surface area contributed by atoms with Crippen LogP contribution in [0.4, 0.5) is 0 Å². The third-order valence-corrected chi connectivity index (χ3v) is 3.47. The van der Waals surface area contributed by atoms with Crippen molar-refractivity contribution in [3.8, 4) is 0 Å². The van der Waals surface area contributed by atoms with Crippen LogP contribution in [0.25, 0.3) is 10.9 Å². The van der Waals surface area contributed by atoms with Crippen molar-refractivity contribution in [2.75, 3.05) is 0 Å². The Balaban J connectivity index is 2.26. The van der Waals surface area contributed by atoms with E-state index in [4.69, 9.17) is 0 Å². The number of aryl methyl sites for hydroxylation is 1. The van der Waals surface area contributed by atoms with Gasteiger partial charge in [0.25, 0.3) is 0 Å². The van der Waals surface area contributed by atoms with Crippen LogP contribution in [-0.4, -0.2) is 21.3 Å². The molecule has 1 aromatic heterocycles. The molecule has 0 aliphatic carbocycles. The van der Waals surface area contributed by atoms with E-state index >= 15 is 0 Å². The lowest BCUT2D eigenvalue weighted by Gasteiger charge is -2.20. The number of hydrogen-bond acceptors (Lipinski definition) is 2. The van der Waals surface area contributed by atoms with Crippen molar-refractivity contribution >= 4 is 10.9 Å². The fourth-order valence-electron chi connectivity index (χ4n) is 2.34. The number of aliphatic hydroxyl groups is 1. The summed E-state index contributed by atoms with van der Waals surface area (Å²) in [5.41, 5.74) is 2.68. The number of nitrogens with zero attached hydrogens (tertiary/aromatic N) is 1. The number of hydrogen-bond donors (Lipinski definition) is 2. The summed E-state index contributed by atoms with van der Waals surface area (Å²) >= 11 is 0. The topological polar surface area (TPSA) is 37.2 Å². The van der Waals surface area contributed by atoms with Crippen LogP contribution in [0.5, 0.6) is 0 Å². The maximum absolute atomic E-state index is 9.48. The summed E-state index contributed by atoms with van der Waals surface area (Å²) in [6, 6.07) is 8.48. The van der Waals surface area contributed by atoms with Gasteiger partial charge in [-0.3, -0.25) is 0 Å². The Bertz CT molecular complexity index is 564. The SMILES string of the molecule is CC(O)CCn1cc(CNC(C)(C)C)c2ccccc21. The molecule has 2 N–H and O–H groups in total. The van der Waals surface area contributed by atoms with Gasteiger partial charge in [-0.1, -0.05) is 18.2 Å². The first-order valence-corrected chi connectivity index (χ1v) is 7.36. The van der Waals surface area contributed by atoms with Gasteiger partial charge in [0, 0.05) is 35.7 Å². The average Bonchev–Trinajstić information content (AvgIpc) is 2.71. The van der Waals surface area contributed by atoms with Gasteiger partial charge in [0.1, 0.15) is 0 Å². The number of aromatic nitrogens is 1. The Kier molecular flexibility index (Phi) is 4.51. The van der Waals surface area contributed by atoms with Crippen LogP contribution < -0.4 is 5.32 Å². The van der Waals surface area contributed by atoms with Crippen molar-refractivity contribution in [2.24, 2.45) is 0 Å². The van der Waals surface area contributed by atoms with Gasteiger partial charge in [0.15, 0.2) is 0 Å². The van der Waals surface area contributed by atoms with Crippen LogP contribution >= 0.6 is 0 Å². The molecule has 0 spiro atoms. The highest BCUT2D eigenvalue weighted by atomic mass is 16.3. The molecule has 0 bridgehead atoms. The molecular formula is C17H26N2O. The highest BCUT2D eigenvalue weighted by Gasteiger charge is 2.12. The van der Waals surface area contributed by atoms with Crippen molar-refractivity contribution < 1.29 is 5.11 Å². The fraction of sp³-hybridized carbons (Fsp3) is 0.529. The predicted octanol–water partition coefficient (Wildman–Crippen LogP) is 3.30. The lowest BCUT2D eigenvalue weighted by atomic mass is 10.1. The second-order valence-corrected chi connectivity index (χ2v) is 6.61. The van der Waals surface area contributed by atoms with Gasteiger partial charge in [0.05, 0.1) is 6.10 Å². The van der Waals surface area contributed by atoms with Gasteiger partial charge >= 0.3 is 0 Å². The first kappa shape index (κ1) is 15.1. The Morgan fingerprint density at radius 1 is 1.25 bits per heavy atom. The summed E-state index contributed by atoms with van der Waals surface area (Å²) in [6.07, 6.45) is 2.74. The molecule has 0 fully saturated rings. The molecule has 2 rings (SSSR count). The summed E-state index contributed by atoms with van der Waals surface area (Å²) in [4.78, 5) is 0. The minimum Gasteiger partial charge on any atom is -0.393 e. The summed E-state index contributed by atoms with van der Waals surface area (Å²) in [5.74, 6) is 0. The molecule has 0 saturated heterocycles. The monoisotopic (exact) mass is 274 g/mol. The first-order chi connectivity index (χ1) is 9.37. The Labute approximate surface area is 121 Å². The lowest BCUT2D eigenvalue weighted by Crippen LogP contribution is -2.34. The largest absolute Gasteiger partial charge is 0.393 e. The first-order valence-electron chi connectivity index (χ1n) is 7.36. The predicted molar refractivity (Wildman–Crippen MR) is 84.8 cm³/mol. The van der Waals surface area contributed by atoms with Crippen molar-refractivity contribution in [2.45, 2.75) is 58.8 Å². The maximum Gasteiger partial charge on any atom is 0.0529 e. The molecule has 0 saturated carbocycles. The summed E-state index contributed by atoms with van der Waals surface area (Å²) in [6.45, 7) is 10.1. The average molecular weight is 274 g/mol. The molecular weight excluding hydrogens is 248 g/mol. The van der Waals surface area contributed by atoms with E-state index in [1.54, 1.807) is 0 Å². The van der Waals surface area contributed by atoms with Crippen LogP contribution in [-0.2, 0) is 13.1 Å². The zero-order valence-electron chi connectivity index (χ0n) is 13.0. The zero-order chi connectivity index (χ0) is 14.8. The molecule has 3 heteroatoms. The van der Waals surface area contributed by atoms with Crippen molar-refractivity contribution in [1.82, 2.24) is 9.88 Å². The Morgan fingerprint density at radius 2 is 1.95 bits per heavy atom. The van der Waals surface area contributed by atoms with Crippen LogP contribution in [0.1, 0.15) is 39.7 Å². The number of nitrogens with one attached hydrogen (secondary N) is 1. The molecule has 3 nitrogen and oxygen atoms in total. The van der Waals surface area contributed by atoms with Crippen LogP contribution in [0.3, 0.4) is 0 Å². The molecule has 110 valence electrons. The second-order valence-electron chi connectivity index (χ2n) is 6.61. The van der Waals surface area contributed by atoms with E-state index in [0.717, 1.165) is 19.5 Å². The molecule has 1 aromatic carbocycles. The smallest absolute Gasteiger partial charge is 0.0529 e. The molecule has 0 aliphatic heterocycles. The molecule has 0 radical (unpaired) electrons. The molecule has 20 heavy (non-hydrogen) atoms. The van der Waals surface area contributed by atoms with E-state index in [-0.39, 0.29) is 11.6 Å². The van der Waals surface area contributed by atoms with E-state index in [9.17, 15) is 5.11 Å². The van der Waals surface area contributed by atoms with Gasteiger partial charge in [0.2, 0.25) is 0 Å². The molecule has 1 atom stereocenters. The molecule has 0 aliphatic rings. The number of aliphatic hydroxyl groups excluding tert-OH is 1. The molecule has 0 amide bonds. The van der Waals surface area contributed by atoms with E-state index in [1.807, 2.05) is 6.92 Å². The summed E-state index contributed by atoms with van der Waals surface area (Å²) in [5, 5.41) is 14.3. The third kappa shape index (κ3) is 3.84. The van der Waals surface area contributed by atoms with Crippen LogP contribution in [0.2, 0.25) is 0 Å². The van der Waals surface area contributed by atoms with Crippen LogP contribution in [0.15, 0.2) is 30.5 Å². The van der Waals surface area contributed by atoms with E-state index < -0.39 is 0 Å². The fourth-order valence-corrected chi connectivity index (χ4v) is 2.34. The maximum atomic E-state index is 9.48. The van der Waals surface area contributed by atoms with Crippen molar-refractivity contribution in [1.29, 1.82) is 0 Å². The number of benzene rings is 1. The Hall–Kier alpha value is -1.32. The van der Waals surface area contributed by atoms with Crippen molar-refractivity contribution in [3.63, 3.8) is 0 Å². The third-order valence-electron chi connectivity index (χ3n) is 3.47. The second kappa shape index (κ2) is 5.98. The summed E-state index contributed by atoms with van der Waals surface area (Å²) in [7, 11) is 0. The minimum absolute atomic E-state index is 0.114. The standard InChI is InChI=1S/C17H26N2O/c1-13(20)9-10-19-12-14(11-18-17(2,3)4)15-7-5-6-8-16(15)19/h5-8,12-13,18,20H,9-11H2,1-4H3. The molecule has 1 heterocycles. The Morgan fingerprint density at radius 3 is 2.60 bits per heavy atom. The van der Waals surface area contributed by atoms with Crippen LogP contribution in [0, 0.1) is 0 Å². The number of fused-ring (bicyclic) bond motifs is 1. The molecule has 2 aromatic rings. The van der Waals surface area contributed by atoms with Gasteiger partial charge in [-0.2, -0.15) is 0 Å². The van der Waals surface area contributed by atoms with Gasteiger partial charge in [-0.25, -0.2) is 0 Å². The van der Waals surface area contributed by atoms with E-state index in [0.29, 0.717) is 0 Å². The van der Waals surface area contributed by atoms with Gasteiger partial charge in [-0.05, 0) is 45.7 Å². The molecule has 1 unspecified atom stereocenters. The normalized spacial score (nSPS) is 13.8. The summed E-state index contributed by atoms with van der Waals surface area (Å²) < 4.78 is 2.25.